The van der Waals surface area contributed by atoms with Gasteiger partial charge >= 0.3 is 0 Å². The monoisotopic (exact) mass is 419 g/mol. The Morgan fingerprint density at radius 3 is 2.42 bits per heavy atom. The molecule has 0 bridgehead atoms. The molecule has 7 heteroatoms. The largest absolute Gasteiger partial charge is 0.371 e. The highest BCUT2D eigenvalue weighted by atomic mass is 16.6. The molecule has 2 aromatic carbocycles. The molecular formula is C24H29N5O2. The van der Waals surface area contributed by atoms with E-state index in [1.54, 1.807) is 0 Å². The summed E-state index contributed by atoms with van der Waals surface area (Å²) < 4.78 is 14.2. The van der Waals surface area contributed by atoms with Gasteiger partial charge in [-0.1, -0.05) is 65.9 Å². The summed E-state index contributed by atoms with van der Waals surface area (Å²) in [5.41, 5.74) is 3.51. The average molecular weight is 420 g/mol. The van der Waals surface area contributed by atoms with Crippen LogP contribution in [0, 0.1) is 0 Å². The Bertz CT molecular complexity index is 964. The van der Waals surface area contributed by atoms with Gasteiger partial charge < -0.3 is 14.8 Å². The molecular weight excluding hydrogens is 390 g/mol. The summed E-state index contributed by atoms with van der Waals surface area (Å²) in [7, 11) is 2.10. The zero-order valence-electron chi connectivity index (χ0n) is 17.8. The molecule has 3 heterocycles. The normalized spacial score (nSPS) is 25.2. The number of hydrogen-bond donors (Lipinski definition) is 1. The minimum atomic E-state index is 0.00451. The number of nitrogens with one attached hydrogen (secondary N) is 1. The van der Waals surface area contributed by atoms with Crippen LogP contribution >= 0.6 is 0 Å². The standard InChI is InChI=1S/C24H29N5O2/c1-28(13-19-10-6-3-7-11-19)14-20-15-29(27-26-20)22-17-31-23-21(16-30-24(22)23)25-12-18-8-4-2-5-9-18/h2-11,15,21-25H,12-14,16-17H2,1H3/t21-,22-,23+,24+/m0/s1. The van der Waals surface area contributed by atoms with Crippen molar-refractivity contribution in [2.45, 2.75) is 43.9 Å². The van der Waals surface area contributed by atoms with Crippen molar-refractivity contribution in [2.75, 3.05) is 20.3 Å². The Kier molecular flexibility index (Phi) is 6.08. The van der Waals surface area contributed by atoms with E-state index < -0.39 is 0 Å². The lowest BCUT2D eigenvalue weighted by atomic mass is 10.1. The van der Waals surface area contributed by atoms with Gasteiger partial charge in [0.15, 0.2) is 0 Å². The van der Waals surface area contributed by atoms with E-state index >= 15 is 0 Å². The molecule has 1 N–H and O–H groups in total. The summed E-state index contributed by atoms with van der Waals surface area (Å²) >= 11 is 0. The summed E-state index contributed by atoms with van der Waals surface area (Å²) in [4.78, 5) is 2.24. The maximum Gasteiger partial charge on any atom is 0.110 e. The van der Waals surface area contributed by atoms with E-state index in [2.05, 4.69) is 76.1 Å². The van der Waals surface area contributed by atoms with Gasteiger partial charge in [-0.05, 0) is 18.2 Å². The molecule has 4 atom stereocenters. The highest BCUT2D eigenvalue weighted by molar-refractivity contribution is 5.15. The van der Waals surface area contributed by atoms with E-state index in [0.29, 0.717) is 13.2 Å². The van der Waals surface area contributed by atoms with Gasteiger partial charge in [0.25, 0.3) is 0 Å². The van der Waals surface area contributed by atoms with Crippen LogP contribution in [0.3, 0.4) is 0 Å². The summed E-state index contributed by atoms with van der Waals surface area (Å²) in [6, 6.07) is 21.1. The van der Waals surface area contributed by atoms with Crippen molar-refractivity contribution in [3.63, 3.8) is 0 Å². The molecule has 0 aliphatic carbocycles. The molecule has 7 nitrogen and oxygen atoms in total. The Hall–Kier alpha value is -2.58. The van der Waals surface area contributed by atoms with E-state index in [9.17, 15) is 0 Å². The van der Waals surface area contributed by atoms with Gasteiger partial charge in [-0.3, -0.25) is 4.90 Å². The van der Waals surface area contributed by atoms with Crippen LogP contribution in [0.2, 0.25) is 0 Å². The van der Waals surface area contributed by atoms with Crippen LogP contribution in [0.25, 0.3) is 0 Å². The van der Waals surface area contributed by atoms with Crippen LogP contribution < -0.4 is 5.32 Å². The zero-order valence-corrected chi connectivity index (χ0v) is 17.8. The average Bonchev–Trinajstić information content (AvgIpc) is 3.51. The highest BCUT2D eigenvalue weighted by Gasteiger charge is 2.48. The first-order chi connectivity index (χ1) is 15.3. The minimum absolute atomic E-state index is 0.00451. The molecule has 2 aliphatic rings. The van der Waals surface area contributed by atoms with E-state index in [-0.39, 0.29) is 24.3 Å². The smallest absolute Gasteiger partial charge is 0.110 e. The molecule has 5 rings (SSSR count). The fraction of sp³-hybridized carbons (Fsp3) is 0.417. The van der Waals surface area contributed by atoms with Crippen LogP contribution in [-0.2, 0) is 29.1 Å². The molecule has 31 heavy (non-hydrogen) atoms. The van der Waals surface area contributed by atoms with Crippen molar-refractivity contribution in [3.05, 3.63) is 83.7 Å². The van der Waals surface area contributed by atoms with Crippen LogP contribution in [0.1, 0.15) is 22.9 Å². The molecule has 1 aromatic heterocycles. The third kappa shape index (κ3) is 4.70. The van der Waals surface area contributed by atoms with Gasteiger partial charge in [-0.2, -0.15) is 0 Å². The summed E-state index contributed by atoms with van der Waals surface area (Å²) in [6.45, 7) is 3.69. The minimum Gasteiger partial charge on any atom is -0.371 e. The molecule has 0 unspecified atom stereocenters. The number of fused-ring (bicyclic) bond motifs is 1. The Labute approximate surface area is 183 Å². The second-order valence-electron chi connectivity index (χ2n) is 8.48. The van der Waals surface area contributed by atoms with Gasteiger partial charge in [0.05, 0.1) is 31.1 Å². The summed E-state index contributed by atoms with van der Waals surface area (Å²) in [6.07, 6.45) is 2.08. The number of rotatable bonds is 8. The third-order valence-corrected chi connectivity index (χ3v) is 6.06. The fourth-order valence-electron chi connectivity index (χ4n) is 4.50. The van der Waals surface area contributed by atoms with Crippen molar-refractivity contribution in [1.82, 2.24) is 25.2 Å². The molecule has 0 saturated carbocycles. The number of benzene rings is 2. The first kappa shape index (κ1) is 20.3. The van der Waals surface area contributed by atoms with Crippen molar-refractivity contribution in [3.8, 4) is 0 Å². The molecule has 2 aliphatic heterocycles. The van der Waals surface area contributed by atoms with Crippen LogP contribution in [0.5, 0.6) is 0 Å². The van der Waals surface area contributed by atoms with Crippen LogP contribution in [0.4, 0.5) is 0 Å². The lowest BCUT2D eigenvalue weighted by Gasteiger charge is -2.18. The SMILES string of the molecule is CN(Cc1ccccc1)Cc1cn([C@H]2CO[C@H]3[C@@H]2OC[C@@H]3NCc2ccccc2)nn1. The van der Waals surface area contributed by atoms with E-state index in [4.69, 9.17) is 9.47 Å². The van der Waals surface area contributed by atoms with E-state index in [0.717, 1.165) is 25.3 Å². The predicted molar refractivity (Wildman–Crippen MR) is 117 cm³/mol. The molecule has 0 amide bonds. The summed E-state index contributed by atoms with van der Waals surface area (Å²) in [5, 5.41) is 12.4. The lowest BCUT2D eigenvalue weighted by Crippen LogP contribution is -2.40. The summed E-state index contributed by atoms with van der Waals surface area (Å²) in [5.74, 6) is 0. The van der Waals surface area contributed by atoms with Gasteiger partial charge in [-0.25, -0.2) is 4.68 Å². The Balaban J connectivity index is 1.16. The van der Waals surface area contributed by atoms with Crippen LogP contribution in [-0.4, -0.2) is 58.4 Å². The maximum atomic E-state index is 6.13. The number of hydrogen-bond acceptors (Lipinski definition) is 6. The van der Waals surface area contributed by atoms with E-state index in [1.165, 1.54) is 11.1 Å². The van der Waals surface area contributed by atoms with E-state index in [1.807, 2.05) is 23.0 Å². The molecule has 162 valence electrons. The molecule has 0 spiro atoms. The van der Waals surface area contributed by atoms with Gasteiger partial charge in [-0.15, -0.1) is 5.10 Å². The highest BCUT2D eigenvalue weighted by Crippen LogP contribution is 2.34. The number of nitrogens with zero attached hydrogens (tertiary/aromatic N) is 4. The first-order valence-electron chi connectivity index (χ1n) is 10.9. The topological polar surface area (TPSA) is 64.4 Å². The van der Waals surface area contributed by atoms with Crippen molar-refractivity contribution < 1.29 is 9.47 Å². The van der Waals surface area contributed by atoms with Crippen molar-refractivity contribution in [2.24, 2.45) is 0 Å². The van der Waals surface area contributed by atoms with Crippen molar-refractivity contribution >= 4 is 0 Å². The second kappa shape index (κ2) is 9.28. The zero-order chi connectivity index (χ0) is 21.0. The maximum absolute atomic E-state index is 6.13. The fourth-order valence-corrected chi connectivity index (χ4v) is 4.50. The first-order valence-corrected chi connectivity index (χ1v) is 10.9. The molecule has 3 aromatic rings. The molecule has 0 radical (unpaired) electrons. The van der Waals surface area contributed by atoms with Gasteiger partial charge in [0.1, 0.15) is 18.2 Å². The third-order valence-electron chi connectivity index (χ3n) is 6.06. The predicted octanol–water partition coefficient (Wildman–Crippen LogP) is 2.41. The number of aromatic nitrogens is 3. The molecule has 2 saturated heterocycles. The van der Waals surface area contributed by atoms with Gasteiger partial charge in [0.2, 0.25) is 0 Å². The van der Waals surface area contributed by atoms with Crippen molar-refractivity contribution in [1.29, 1.82) is 0 Å². The lowest BCUT2D eigenvalue weighted by molar-refractivity contribution is 0.0619. The Morgan fingerprint density at radius 2 is 1.65 bits per heavy atom. The quantitative estimate of drug-likeness (QED) is 0.605. The number of ether oxygens (including phenoxy) is 2. The van der Waals surface area contributed by atoms with Gasteiger partial charge in [0, 0.05) is 19.6 Å². The van der Waals surface area contributed by atoms with Crippen LogP contribution in [0.15, 0.2) is 66.9 Å². The Morgan fingerprint density at radius 1 is 0.935 bits per heavy atom. The molecule has 2 fully saturated rings. The second-order valence-corrected chi connectivity index (χ2v) is 8.48.